The normalized spacial score (nSPS) is 10.4. The lowest BCUT2D eigenvalue weighted by Gasteiger charge is -2.08. The Morgan fingerprint density at radius 3 is 2.68 bits per heavy atom. The van der Waals surface area contributed by atoms with Crippen molar-refractivity contribution in [2.75, 3.05) is 18.9 Å². The Balaban J connectivity index is 1.79. The molecule has 0 bridgehead atoms. The van der Waals surface area contributed by atoms with E-state index in [-0.39, 0.29) is 0 Å². The van der Waals surface area contributed by atoms with Crippen LogP contribution in [-0.2, 0) is 13.0 Å². The van der Waals surface area contributed by atoms with Crippen molar-refractivity contribution in [3.05, 3.63) is 64.1 Å². The third-order valence-electron chi connectivity index (χ3n) is 3.07. The summed E-state index contributed by atoms with van der Waals surface area (Å²) in [5, 5.41) is 6.64. The van der Waals surface area contributed by atoms with Gasteiger partial charge in [0.25, 0.3) is 0 Å². The van der Waals surface area contributed by atoms with E-state index in [1.165, 1.54) is 15.6 Å². The highest BCUT2D eigenvalue weighted by Gasteiger charge is 1.98. The Labute approximate surface area is 123 Å². The molecule has 0 radical (unpaired) electrons. The maximum atomic E-state index is 3.58. The Kier molecular flexibility index (Phi) is 5.43. The van der Waals surface area contributed by atoms with Crippen LogP contribution in [0.4, 0.5) is 5.69 Å². The molecular weight excluding hydrogens is 300 g/mol. The number of hydrogen-bond donors (Lipinski definition) is 2. The van der Waals surface area contributed by atoms with Crippen LogP contribution in [0.5, 0.6) is 0 Å². The minimum absolute atomic E-state index is 0.903. The fourth-order valence-electron chi connectivity index (χ4n) is 1.99. The van der Waals surface area contributed by atoms with Gasteiger partial charge in [0.1, 0.15) is 0 Å². The molecule has 2 nitrogen and oxygen atoms in total. The maximum absolute atomic E-state index is 3.58. The fourth-order valence-corrected chi connectivity index (χ4v) is 2.48. The predicted molar refractivity (Wildman–Crippen MR) is 85.5 cm³/mol. The Bertz CT molecular complexity index is 526. The molecule has 0 aliphatic rings. The first-order valence-corrected chi connectivity index (χ1v) is 7.29. The molecule has 0 atom stereocenters. The lowest BCUT2D eigenvalue weighted by atomic mass is 10.1. The quantitative estimate of drug-likeness (QED) is 0.791. The molecular formula is C16H19BrN2. The molecule has 2 aromatic rings. The maximum Gasteiger partial charge on any atom is 0.0340 e. The summed E-state index contributed by atoms with van der Waals surface area (Å²) < 4.78 is 1.19. The molecule has 0 heterocycles. The Hall–Kier alpha value is -1.32. The van der Waals surface area contributed by atoms with E-state index in [1.54, 1.807) is 0 Å². The molecule has 0 fully saturated rings. The summed E-state index contributed by atoms with van der Waals surface area (Å²) in [6.45, 7) is 1.88. The van der Waals surface area contributed by atoms with E-state index in [0.29, 0.717) is 0 Å². The summed E-state index contributed by atoms with van der Waals surface area (Å²) in [5.74, 6) is 0. The Morgan fingerprint density at radius 2 is 1.89 bits per heavy atom. The van der Waals surface area contributed by atoms with Gasteiger partial charge in [-0.2, -0.15) is 0 Å². The van der Waals surface area contributed by atoms with E-state index in [1.807, 2.05) is 13.1 Å². The van der Waals surface area contributed by atoms with Gasteiger partial charge in [0.2, 0.25) is 0 Å². The summed E-state index contributed by atoms with van der Waals surface area (Å²) in [7, 11) is 1.94. The highest BCUT2D eigenvalue weighted by molar-refractivity contribution is 9.10. The number of halogens is 1. The predicted octanol–water partition coefficient (Wildman–Crippen LogP) is 3.82. The monoisotopic (exact) mass is 318 g/mol. The molecule has 0 aliphatic heterocycles. The molecule has 0 amide bonds. The molecule has 0 aromatic heterocycles. The van der Waals surface area contributed by atoms with Crippen molar-refractivity contribution in [1.29, 1.82) is 0 Å². The van der Waals surface area contributed by atoms with Gasteiger partial charge in [0.05, 0.1) is 0 Å². The third-order valence-corrected chi connectivity index (χ3v) is 3.85. The van der Waals surface area contributed by atoms with Gasteiger partial charge in [0, 0.05) is 23.8 Å². The fraction of sp³-hybridized carbons (Fsp3) is 0.250. The molecule has 2 rings (SSSR count). The molecule has 0 aliphatic carbocycles. The van der Waals surface area contributed by atoms with Crippen LogP contribution in [0.15, 0.2) is 53.0 Å². The average molecular weight is 319 g/mol. The standard InChI is InChI=1S/C16H19BrN2/c1-18-15-7-4-5-13(11-15)12-19-10-9-14-6-2-3-8-16(14)17/h2-8,11,18-19H,9-10,12H2,1H3. The summed E-state index contributed by atoms with van der Waals surface area (Å²) in [5.41, 5.74) is 3.81. The lowest BCUT2D eigenvalue weighted by molar-refractivity contribution is 0.686. The summed E-state index contributed by atoms with van der Waals surface area (Å²) >= 11 is 3.58. The van der Waals surface area contributed by atoms with E-state index >= 15 is 0 Å². The molecule has 0 spiro atoms. The third kappa shape index (κ3) is 4.37. The van der Waals surface area contributed by atoms with Gasteiger partial charge in [-0.1, -0.05) is 46.3 Å². The van der Waals surface area contributed by atoms with Gasteiger partial charge in [-0.05, 0) is 42.3 Å². The molecule has 0 saturated heterocycles. The van der Waals surface area contributed by atoms with Crippen molar-refractivity contribution in [2.24, 2.45) is 0 Å². The number of benzene rings is 2. The van der Waals surface area contributed by atoms with Gasteiger partial charge < -0.3 is 10.6 Å². The molecule has 19 heavy (non-hydrogen) atoms. The van der Waals surface area contributed by atoms with Gasteiger partial charge in [0.15, 0.2) is 0 Å². The van der Waals surface area contributed by atoms with E-state index in [9.17, 15) is 0 Å². The zero-order chi connectivity index (χ0) is 13.5. The minimum Gasteiger partial charge on any atom is -0.388 e. The van der Waals surface area contributed by atoms with Crippen molar-refractivity contribution in [3.8, 4) is 0 Å². The molecule has 3 heteroatoms. The zero-order valence-corrected chi connectivity index (χ0v) is 12.7. The van der Waals surface area contributed by atoms with Crippen LogP contribution in [-0.4, -0.2) is 13.6 Å². The topological polar surface area (TPSA) is 24.1 Å². The number of nitrogens with one attached hydrogen (secondary N) is 2. The van der Waals surface area contributed by atoms with E-state index in [0.717, 1.165) is 25.2 Å². The second-order valence-electron chi connectivity index (χ2n) is 4.47. The molecule has 2 N–H and O–H groups in total. The van der Waals surface area contributed by atoms with Crippen LogP contribution >= 0.6 is 15.9 Å². The zero-order valence-electron chi connectivity index (χ0n) is 11.1. The largest absolute Gasteiger partial charge is 0.388 e. The van der Waals surface area contributed by atoms with Gasteiger partial charge in [-0.25, -0.2) is 0 Å². The van der Waals surface area contributed by atoms with Crippen molar-refractivity contribution < 1.29 is 0 Å². The van der Waals surface area contributed by atoms with Crippen LogP contribution in [0.25, 0.3) is 0 Å². The number of hydrogen-bond acceptors (Lipinski definition) is 2. The molecule has 2 aromatic carbocycles. The van der Waals surface area contributed by atoms with Crippen LogP contribution in [0.1, 0.15) is 11.1 Å². The second kappa shape index (κ2) is 7.31. The van der Waals surface area contributed by atoms with Crippen molar-refractivity contribution >= 4 is 21.6 Å². The molecule has 100 valence electrons. The van der Waals surface area contributed by atoms with Crippen LogP contribution in [0.2, 0.25) is 0 Å². The van der Waals surface area contributed by atoms with Crippen molar-refractivity contribution in [3.63, 3.8) is 0 Å². The van der Waals surface area contributed by atoms with Gasteiger partial charge in [-0.3, -0.25) is 0 Å². The Morgan fingerprint density at radius 1 is 1.05 bits per heavy atom. The van der Waals surface area contributed by atoms with Crippen LogP contribution < -0.4 is 10.6 Å². The van der Waals surface area contributed by atoms with Crippen LogP contribution in [0.3, 0.4) is 0 Å². The first-order chi connectivity index (χ1) is 9.29. The highest BCUT2D eigenvalue weighted by Crippen LogP contribution is 2.16. The van der Waals surface area contributed by atoms with Crippen molar-refractivity contribution in [2.45, 2.75) is 13.0 Å². The van der Waals surface area contributed by atoms with Crippen LogP contribution in [0, 0.1) is 0 Å². The number of anilines is 1. The van der Waals surface area contributed by atoms with E-state index in [2.05, 4.69) is 69.0 Å². The van der Waals surface area contributed by atoms with Crippen molar-refractivity contribution in [1.82, 2.24) is 5.32 Å². The summed E-state index contributed by atoms with van der Waals surface area (Å²) in [6, 6.07) is 16.8. The first kappa shape index (κ1) is 14.1. The van der Waals surface area contributed by atoms with Gasteiger partial charge >= 0.3 is 0 Å². The first-order valence-electron chi connectivity index (χ1n) is 6.50. The summed E-state index contributed by atoms with van der Waals surface area (Å²) in [4.78, 5) is 0. The van der Waals surface area contributed by atoms with E-state index in [4.69, 9.17) is 0 Å². The summed E-state index contributed by atoms with van der Waals surface area (Å²) in [6.07, 6.45) is 1.03. The minimum atomic E-state index is 0.903. The second-order valence-corrected chi connectivity index (χ2v) is 5.32. The molecule has 0 saturated carbocycles. The SMILES string of the molecule is CNc1cccc(CNCCc2ccccc2Br)c1. The number of rotatable bonds is 6. The van der Waals surface area contributed by atoms with E-state index < -0.39 is 0 Å². The average Bonchev–Trinajstić information content (AvgIpc) is 2.45. The highest BCUT2D eigenvalue weighted by atomic mass is 79.9. The smallest absolute Gasteiger partial charge is 0.0340 e. The lowest BCUT2D eigenvalue weighted by Crippen LogP contribution is -2.16. The van der Waals surface area contributed by atoms with Gasteiger partial charge in [-0.15, -0.1) is 0 Å². The molecule has 0 unspecified atom stereocenters.